The Morgan fingerprint density at radius 3 is 2.78 bits per heavy atom. The van der Waals surface area contributed by atoms with Crippen LogP contribution in [0.3, 0.4) is 0 Å². The average Bonchev–Trinajstić information content (AvgIpc) is 1.80. The molecule has 0 aromatic carbocycles. The zero-order valence-corrected chi connectivity index (χ0v) is 6.65. The first kappa shape index (κ1) is 6.77. The Labute approximate surface area is 65.4 Å². The molecule has 0 saturated carbocycles. The van der Waals surface area contributed by atoms with Gasteiger partial charge in [-0.2, -0.15) is 0 Å². The maximum atomic E-state index is 5.54. The summed E-state index contributed by atoms with van der Waals surface area (Å²) in [5.41, 5.74) is 5.20. The summed E-state index contributed by atoms with van der Waals surface area (Å²) in [6.45, 7) is 0. The maximum absolute atomic E-state index is 5.54. The molecule has 1 aromatic rings. The number of halogens is 2. The number of nitrogen functional groups attached to an aromatic ring is 1. The van der Waals surface area contributed by atoms with Crippen LogP contribution < -0.4 is 5.73 Å². The molecule has 0 aliphatic carbocycles. The predicted octanol–water partition coefficient (Wildman–Crippen LogP) is 1.47. The minimum Gasteiger partial charge on any atom is -0.368 e. The molecule has 0 amide bonds. The zero-order chi connectivity index (χ0) is 6.85. The Bertz CT molecular complexity index is 227. The summed E-state index contributed by atoms with van der Waals surface area (Å²) in [7, 11) is 0. The van der Waals surface area contributed by atoms with Gasteiger partial charge in [-0.3, -0.25) is 0 Å². The number of rotatable bonds is 0. The van der Waals surface area contributed by atoms with Gasteiger partial charge in [-0.05, 0) is 15.9 Å². The van der Waals surface area contributed by atoms with Gasteiger partial charge >= 0.3 is 0 Å². The average molecular weight is 208 g/mol. The van der Waals surface area contributed by atoms with Crippen molar-refractivity contribution in [1.29, 1.82) is 0 Å². The predicted molar refractivity (Wildman–Crippen MR) is 39.2 cm³/mol. The molecule has 0 radical (unpaired) electrons. The SMILES string of the molecule is Nc1ncc(Br)c(Cl)n1. The summed E-state index contributed by atoms with van der Waals surface area (Å²) in [6, 6.07) is 0. The van der Waals surface area contributed by atoms with E-state index in [9.17, 15) is 0 Å². The minimum absolute atomic E-state index is 0.184. The standard InChI is InChI=1S/C4H3BrClN3/c5-2-1-8-4(7)9-3(2)6/h1H,(H2,7,8,9). The van der Waals surface area contributed by atoms with E-state index in [0.29, 0.717) is 9.63 Å². The van der Waals surface area contributed by atoms with E-state index in [1.54, 1.807) is 0 Å². The third kappa shape index (κ3) is 1.53. The topological polar surface area (TPSA) is 51.8 Å². The first-order valence-electron chi connectivity index (χ1n) is 2.13. The second kappa shape index (κ2) is 2.49. The van der Waals surface area contributed by atoms with Crippen LogP contribution in [0.25, 0.3) is 0 Å². The summed E-state index contributed by atoms with van der Waals surface area (Å²) in [4.78, 5) is 7.33. The van der Waals surface area contributed by atoms with E-state index in [1.807, 2.05) is 0 Å². The number of anilines is 1. The van der Waals surface area contributed by atoms with Crippen molar-refractivity contribution >= 4 is 33.5 Å². The first-order chi connectivity index (χ1) is 4.20. The van der Waals surface area contributed by atoms with Crippen molar-refractivity contribution in [3.05, 3.63) is 15.8 Å². The van der Waals surface area contributed by atoms with Crippen molar-refractivity contribution < 1.29 is 0 Å². The molecule has 3 nitrogen and oxygen atoms in total. The fourth-order valence-corrected chi connectivity index (χ4v) is 0.685. The van der Waals surface area contributed by atoms with Gasteiger partial charge in [-0.1, -0.05) is 11.6 Å². The van der Waals surface area contributed by atoms with Gasteiger partial charge < -0.3 is 5.73 Å². The van der Waals surface area contributed by atoms with Crippen LogP contribution in [0, 0.1) is 0 Å². The van der Waals surface area contributed by atoms with E-state index in [2.05, 4.69) is 25.9 Å². The molecule has 0 fully saturated rings. The van der Waals surface area contributed by atoms with Gasteiger partial charge in [0.1, 0.15) is 5.15 Å². The second-order valence-corrected chi connectivity index (χ2v) is 2.58. The van der Waals surface area contributed by atoms with Gasteiger partial charge in [-0.25, -0.2) is 9.97 Å². The minimum atomic E-state index is 0.184. The molecule has 0 aliphatic rings. The normalized spacial score (nSPS) is 9.56. The molecule has 1 rings (SSSR count). The highest BCUT2D eigenvalue weighted by molar-refractivity contribution is 9.10. The summed E-state index contributed by atoms with van der Waals surface area (Å²) in [6.07, 6.45) is 1.50. The highest BCUT2D eigenvalue weighted by Crippen LogP contribution is 2.18. The molecule has 48 valence electrons. The molecular formula is C4H3BrClN3. The van der Waals surface area contributed by atoms with E-state index in [4.69, 9.17) is 17.3 Å². The Hall–Kier alpha value is -0.350. The summed E-state index contributed by atoms with van der Waals surface area (Å²) in [5, 5.41) is 0.336. The van der Waals surface area contributed by atoms with Crippen molar-refractivity contribution in [2.24, 2.45) is 0 Å². The van der Waals surface area contributed by atoms with Crippen molar-refractivity contribution in [3.8, 4) is 0 Å². The summed E-state index contributed by atoms with van der Waals surface area (Å²) < 4.78 is 0.651. The number of aromatic nitrogens is 2. The lowest BCUT2D eigenvalue weighted by Crippen LogP contribution is -1.93. The van der Waals surface area contributed by atoms with Crippen molar-refractivity contribution in [2.75, 3.05) is 5.73 Å². The van der Waals surface area contributed by atoms with Gasteiger partial charge in [0.2, 0.25) is 5.95 Å². The quantitative estimate of drug-likeness (QED) is 0.657. The Morgan fingerprint density at radius 1 is 1.67 bits per heavy atom. The van der Waals surface area contributed by atoms with Crippen LogP contribution in [0.15, 0.2) is 10.7 Å². The molecule has 9 heavy (non-hydrogen) atoms. The second-order valence-electron chi connectivity index (χ2n) is 1.37. The van der Waals surface area contributed by atoms with E-state index in [1.165, 1.54) is 6.20 Å². The summed E-state index contributed by atoms with van der Waals surface area (Å²) in [5.74, 6) is 0.184. The molecule has 5 heteroatoms. The Balaban J connectivity index is 3.17. The van der Waals surface area contributed by atoms with Gasteiger partial charge in [0, 0.05) is 6.20 Å². The monoisotopic (exact) mass is 207 g/mol. The van der Waals surface area contributed by atoms with Gasteiger partial charge in [0.15, 0.2) is 0 Å². The third-order valence-corrected chi connectivity index (χ3v) is 1.82. The number of hydrogen-bond donors (Lipinski definition) is 1. The molecule has 0 spiro atoms. The lowest BCUT2D eigenvalue weighted by molar-refractivity contribution is 1.17. The van der Waals surface area contributed by atoms with E-state index in [-0.39, 0.29) is 5.95 Å². The smallest absolute Gasteiger partial charge is 0.221 e. The number of nitrogens with two attached hydrogens (primary N) is 1. The van der Waals surface area contributed by atoms with Crippen molar-refractivity contribution in [2.45, 2.75) is 0 Å². The van der Waals surface area contributed by atoms with Gasteiger partial charge in [0.25, 0.3) is 0 Å². The van der Waals surface area contributed by atoms with Crippen LogP contribution >= 0.6 is 27.5 Å². The highest BCUT2D eigenvalue weighted by Gasteiger charge is 1.96. The van der Waals surface area contributed by atoms with E-state index >= 15 is 0 Å². The lowest BCUT2D eigenvalue weighted by Gasteiger charge is -1.92. The third-order valence-electron chi connectivity index (χ3n) is 0.720. The van der Waals surface area contributed by atoms with E-state index < -0.39 is 0 Å². The highest BCUT2D eigenvalue weighted by atomic mass is 79.9. The van der Waals surface area contributed by atoms with Crippen molar-refractivity contribution in [3.63, 3.8) is 0 Å². The van der Waals surface area contributed by atoms with Gasteiger partial charge in [-0.15, -0.1) is 0 Å². The Kier molecular flexibility index (Phi) is 1.87. The van der Waals surface area contributed by atoms with Crippen LogP contribution in [-0.4, -0.2) is 9.97 Å². The van der Waals surface area contributed by atoms with Crippen LogP contribution in [0.2, 0.25) is 5.15 Å². The molecule has 0 unspecified atom stereocenters. The fraction of sp³-hybridized carbons (Fsp3) is 0. The first-order valence-corrected chi connectivity index (χ1v) is 3.31. The molecule has 0 aliphatic heterocycles. The number of hydrogen-bond acceptors (Lipinski definition) is 3. The zero-order valence-electron chi connectivity index (χ0n) is 4.31. The van der Waals surface area contributed by atoms with E-state index in [0.717, 1.165) is 0 Å². The van der Waals surface area contributed by atoms with Gasteiger partial charge in [0.05, 0.1) is 4.47 Å². The Morgan fingerprint density at radius 2 is 2.33 bits per heavy atom. The molecule has 0 bridgehead atoms. The molecule has 0 saturated heterocycles. The van der Waals surface area contributed by atoms with Crippen LogP contribution in [-0.2, 0) is 0 Å². The number of nitrogens with zero attached hydrogens (tertiary/aromatic N) is 2. The van der Waals surface area contributed by atoms with Crippen molar-refractivity contribution in [1.82, 2.24) is 9.97 Å². The maximum Gasteiger partial charge on any atom is 0.221 e. The molecule has 1 aromatic heterocycles. The fourth-order valence-electron chi connectivity index (χ4n) is 0.359. The van der Waals surface area contributed by atoms with Crippen LogP contribution in [0.1, 0.15) is 0 Å². The van der Waals surface area contributed by atoms with Crippen LogP contribution in [0.5, 0.6) is 0 Å². The molecule has 1 heterocycles. The van der Waals surface area contributed by atoms with Crippen LogP contribution in [0.4, 0.5) is 5.95 Å². The molecule has 2 N–H and O–H groups in total. The molecular weight excluding hydrogens is 205 g/mol. The molecule has 0 atom stereocenters. The summed E-state index contributed by atoms with van der Waals surface area (Å²) >= 11 is 8.65. The lowest BCUT2D eigenvalue weighted by atomic mass is 10.7. The largest absolute Gasteiger partial charge is 0.368 e.